The van der Waals surface area contributed by atoms with Gasteiger partial charge in [-0.25, -0.2) is 8.42 Å². The Labute approximate surface area is 125 Å². The molecule has 1 aliphatic heterocycles. The lowest BCUT2D eigenvalue weighted by atomic mass is 10.1. The molecule has 1 heterocycles. The van der Waals surface area contributed by atoms with E-state index in [1.54, 1.807) is 23.1 Å². The van der Waals surface area contributed by atoms with Crippen LogP contribution in [-0.2, 0) is 10.0 Å². The highest BCUT2D eigenvalue weighted by Gasteiger charge is 2.24. The van der Waals surface area contributed by atoms with Crippen LogP contribution in [0.25, 0.3) is 0 Å². The van der Waals surface area contributed by atoms with E-state index in [2.05, 4.69) is 10.0 Å². The minimum absolute atomic E-state index is 0.141. The molecule has 21 heavy (non-hydrogen) atoms. The van der Waals surface area contributed by atoms with Crippen LogP contribution in [-0.4, -0.2) is 51.2 Å². The van der Waals surface area contributed by atoms with Crippen molar-refractivity contribution in [1.29, 1.82) is 0 Å². The van der Waals surface area contributed by atoms with Gasteiger partial charge in [0.25, 0.3) is 5.91 Å². The van der Waals surface area contributed by atoms with Crippen molar-refractivity contribution < 1.29 is 13.2 Å². The fourth-order valence-corrected chi connectivity index (χ4v) is 2.99. The molecule has 0 radical (unpaired) electrons. The van der Waals surface area contributed by atoms with Crippen LogP contribution in [0.4, 0.5) is 5.69 Å². The average molecular weight is 311 g/mol. The van der Waals surface area contributed by atoms with E-state index in [0.717, 1.165) is 18.4 Å². The lowest BCUT2D eigenvalue weighted by Gasteiger charge is -2.32. The number of carbonyl (C=O) groups excluding carboxylic acids is 1. The van der Waals surface area contributed by atoms with Crippen molar-refractivity contribution in [3.63, 3.8) is 0 Å². The first-order valence-corrected chi connectivity index (χ1v) is 8.76. The van der Waals surface area contributed by atoms with Gasteiger partial charge in [-0.1, -0.05) is 11.6 Å². The lowest BCUT2D eigenvalue weighted by molar-refractivity contribution is 0.0710. The van der Waals surface area contributed by atoms with Crippen LogP contribution < -0.4 is 10.0 Å². The summed E-state index contributed by atoms with van der Waals surface area (Å²) in [5.74, 6) is -0.141. The van der Waals surface area contributed by atoms with Crippen molar-refractivity contribution in [2.75, 3.05) is 30.6 Å². The maximum Gasteiger partial charge on any atom is 0.256 e. The van der Waals surface area contributed by atoms with Crippen molar-refractivity contribution in [3.05, 3.63) is 29.3 Å². The molecule has 0 aliphatic carbocycles. The van der Waals surface area contributed by atoms with Gasteiger partial charge in [0.15, 0.2) is 0 Å². The van der Waals surface area contributed by atoms with Gasteiger partial charge in [0.05, 0.1) is 17.5 Å². The van der Waals surface area contributed by atoms with Gasteiger partial charge in [0, 0.05) is 25.7 Å². The summed E-state index contributed by atoms with van der Waals surface area (Å²) in [5, 5.41) is 3.28. The van der Waals surface area contributed by atoms with Crippen LogP contribution in [0.1, 0.15) is 22.8 Å². The predicted molar refractivity (Wildman–Crippen MR) is 83.0 cm³/mol. The second kappa shape index (κ2) is 6.03. The molecule has 1 atom stereocenters. The first-order chi connectivity index (χ1) is 9.76. The highest BCUT2D eigenvalue weighted by atomic mass is 32.2. The zero-order valence-corrected chi connectivity index (χ0v) is 13.3. The van der Waals surface area contributed by atoms with Crippen molar-refractivity contribution in [3.8, 4) is 0 Å². The molecule has 1 aromatic carbocycles. The van der Waals surface area contributed by atoms with E-state index in [4.69, 9.17) is 0 Å². The monoisotopic (exact) mass is 311 g/mol. The minimum atomic E-state index is -3.42. The van der Waals surface area contributed by atoms with Crippen LogP contribution in [0.15, 0.2) is 18.2 Å². The molecular formula is C14H21N3O3S. The van der Waals surface area contributed by atoms with Crippen molar-refractivity contribution in [2.45, 2.75) is 19.9 Å². The number of sulfonamides is 1. The highest BCUT2D eigenvalue weighted by Crippen LogP contribution is 2.21. The van der Waals surface area contributed by atoms with Gasteiger partial charge in [0.1, 0.15) is 0 Å². The number of aryl methyl sites for hydroxylation is 1. The standard InChI is InChI=1S/C14H21N3O3S/c1-10-4-5-13(16-21(3,19)20)12(8-10)14(18)17-7-6-15-11(2)9-17/h4-5,8,11,15-16H,6-7,9H2,1-3H3. The molecule has 1 saturated heterocycles. The molecule has 1 aliphatic rings. The van der Waals surface area contributed by atoms with E-state index < -0.39 is 10.0 Å². The summed E-state index contributed by atoms with van der Waals surface area (Å²) in [6, 6.07) is 5.38. The maximum atomic E-state index is 12.7. The summed E-state index contributed by atoms with van der Waals surface area (Å²) in [5.41, 5.74) is 1.65. The van der Waals surface area contributed by atoms with Crippen molar-refractivity contribution in [2.24, 2.45) is 0 Å². The van der Waals surface area contributed by atoms with E-state index in [-0.39, 0.29) is 11.9 Å². The SMILES string of the molecule is Cc1ccc(NS(C)(=O)=O)c(C(=O)N2CCNC(C)C2)c1. The summed E-state index contributed by atoms with van der Waals surface area (Å²) in [7, 11) is -3.42. The third-order valence-electron chi connectivity index (χ3n) is 3.36. The quantitative estimate of drug-likeness (QED) is 0.865. The van der Waals surface area contributed by atoms with Gasteiger partial charge in [-0.2, -0.15) is 0 Å². The summed E-state index contributed by atoms with van der Waals surface area (Å²) in [6.07, 6.45) is 1.08. The van der Waals surface area contributed by atoms with Gasteiger partial charge in [-0.3, -0.25) is 9.52 Å². The van der Waals surface area contributed by atoms with E-state index in [1.165, 1.54) is 0 Å². The lowest BCUT2D eigenvalue weighted by Crippen LogP contribution is -2.51. The molecule has 1 aromatic rings. The Morgan fingerprint density at radius 2 is 2.14 bits per heavy atom. The van der Waals surface area contributed by atoms with E-state index >= 15 is 0 Å². The molecule has 2 rings (SSSR count). The highest BCUT2D eigenvalue weighted by molar-refractivity contribution is 7.92. The summed E-state index contributed by atoms with van der Waals surface area (Å²) in [4.78, 5) is 14.4. The minimum Gasteiger partial charge on any atom is -0.336 e. The van der Waals surface area contributed by atoms with Crippen LogP contribution in [0.5, 0.6) is 0 Å². The molecule has 0 spiro atoms. The van der Waals surface area contributed by atoms with Crippen LogP contribution in [0.3, 0.4) is 0 Å². The molecule has 116 valence electrons. The van der Waals surface area contributed by atoms with Gasteiger partial charge in [-0.15, -0.1) is 0 Å². The van der Waals surface area contributed by atoms with Crippen LogP contribution in [0, 0.1) is 6.92 Å². The Balaban J connectivity index is 2.32. The number of piperazine rings is 1. The number of rotatable bonds is 3. The summed E-state index contributed by atoms with van der Waals surface area (Å²) >= 11 is 0. The zero-order valence-electron chi connectivity index (χ0n) is 12.5. The molecule has 1 unspecified atom stereocenters. The number of nitrogens with zero attached hydrogens (tertiary/aromatic N) is 1. The predicted octanol–water partition coefficient (Wildman–Crippen LogP) is 0.800. The van der Waals surface area contributed by atoms with Gasteiger partial charge >= 0.3 is 0 Å². The second-order valence-corrected chi connectivity index (χ2v) is 7.28. The Morgan fingerprint density at radius 1 is 1.43 bits per heavy atom. The summed E-state index contributed by atoms with van der Waals surface area (Å²) in [6.45, 7) is 5.88. The first-order valence-electron chi connectivity index (χ1n) is 6.87. The van der Waals surface area contributed by atoms with Crippen molar-refractivity contribution in [1.82, 2.24) is 10.2 Å². The fraction of sp³-hybridized carbons (Fsp3) is 0.500. The van der Waals surface area contributed by atoms with Gasteiger partial charge < -0.3 is 10.2 Å². The number of amides is 1. The maximum absolute atomic E-state index is 12.7. The number of nitrogens with one attached hydrogen (secondary N) is 2. The third kappa shape index (κ3) is 4.18. The average Bonchev–Trinajstić information content (AvgIpc) is 2.38. The number of hydrogen-bond donors (Lipinski definition) is 2. The number of carbonyl (C=O) groups is 1. The third-order valence-corrected chi connectivity index (χ3v) is 3.95. The molecule has 1 amide bonds. The van der Waals surface area contributed by atoms with E-state index in [0.29, 0.717) is 24.3 Å². The van der Waals surface area contributed by atoms with Crippen LogP contribution in [0.2, 0.25) is 0 Å². The second-order valence-electron chi connectivity index (χ2n) is 5.53. The smallest absolute Gasteiger partial charge is 0.256 e. The molecule has 0 aromatic heterocycles. The molecule has 6 nitrogen and oxygen atoms in total. The fourth-order valence-electron chi connectivity index (χ4n) is 2.41. The number of hydrogen-bond acceptors (Lipinski definition) is 4. The Kier molecular flexibility index (Phi) is 4.53. The van der Waals surface area contributed by atoms with Crippen LogP contribution >= 0.6 is 0 Å². The zero-order chi connectivity index (χ0) is 15.6. The number of benzene rings is 1. The molecule has 7 heteroatoms. The van der Waals surface area contributed by atoms with E-state index in [1.807, 2.05) is 13.8 Å². The Hall–Kier alpha value is -1.60. The molecule has 0 bridgehead atoms. The Morgan fingerprint density at radius 3 is 2.76 bits per heavy atom. The molecule has 1 fully saturated rings. The molecular weight excluding hydrogens is 290 g/mol. The molecule has 0 saturated carbocycles. The normalized spacial score (nSPS) is 19.4. The molecule has 2 N–H and O–H groups in total. The van der Waals surface area contributed by atoms with E-state index in [9.17, 15) is 13.2 Å². The summed E-state index contributed by atoms with van der Waals surface area (Å²) < 4.78 is 25.3. The van der Waals surface area contributed by atoms with Gasteiger partial charge in [0.2, 0.25) is 10.0 Å². The van der Waals surface area contributed by atoms with Crippen molar-refractivity contribution >= 4 is 21.6 Å². The van der Waals surface area contributed by atoms with Gasteiger partial charge in [-0.05, 0) is 26.0 Å². The first kappa shape index (κ1) is 15.8. The topological polar surface area (TPSA) is 78.5 Å². The Bertz CT molecular complexity index is 643. The number of anilines is 1. The largest absolute Gasteiger partial charge is 0.336 e.